The Bertz CT molecular complexity index is 380. The zero-order valence-electron chi connectivity index (χ0n) is 10.2. The maximum absolute atomic E-state index is 11.9. The van der Waals surface area contributed by atoms with E-state index in [0.717, 1.165) is 6.54 Å². The zero-order chi connectivity index (χ0) is 12.8. The molecule has 17 heavy (non-hydrogen) atoms. The van der Waals surface area contributed by atoms with E-state index in [4.69, 9.17) is 10.5 Å². The number of rotatable bonds is 6. The average molecular weight is 258 g/mol. The maximum atomic E-state index is 11.9. The van der Waals surface area contributed by atoms with E-state index in [0.29, 0.717) is 16.6 Å². The minimum Gasteiger partial charge on any atom is -0.383 e. The Balaban J connectivity index is 2.68. The summed E-state index contributed by atoms with van der Waals surface area (Å²) in [5.74, 6) is 0.0433. The van der Waals surface area contributed by atoms with Gasteiger partial charge >= 0.3 is 0 Å². The summed E-state index contributed by atoms with van der Waals surface area (Å²) < 4.78 is 4.94. The summed E-state index contributed by atoms with van der Waals surface area (Å²) in [7, 11) is 1.59. The second-order valence-corrected chi connectivity index (χ2v) is 4.59. The molecule has 0 aliphatic heterocycles. The summed E-state index contributed by atoms with van der Waals surface area (Å²) in [6.07, 6.45) is 0. The first-order valence-corrected chi connectivity index (χ1v) is 6.20. The smallest absolute Gasteiger partial charge is 0.265 e. The number of carbonyl (C=O) groups is 1. The maximum Gasteiger partial charge on any atom is 0.265 e. The summed E-state index contributed by atoms with van der Waals surface area (Å²) in [6, 6.07) is -0.0587. The molecule has 0 bridgehead atoms. The summed E-state index contributed by atoms with van der Waals surface area (Å²) >= 11 is 1.25. The van der Waals surface area contributed by atoms with Crippen LogP contribution in [-0.4, -0.2) is 37.2 Å². The predicted molar refractivity (Wildman–Crippen MR) is 69.5 cm³/mol. The van der Waals surface area contributed by atoms with Crippen LogP contribution in [0.2, 0.25) is 0 Å². The van der Waals surface area contributed by atoms with Crippen molar-refractivity contribution in [2.45, 2.75) is 19.9 Å². The number of hydrogen-bond acceptors (Lipinski definition) is 6. The first-order chi connectivity index (χ1) is 8.08. The van der Waals surface area contributed by atoms with E-state index in [9.17, 15) is 4.79 Å². The van der Waals surface area contributed by atoms with Crippen LogP contribution < -0.4 is 16.4 Å². The number of nitrogens with two attached hydrogens (primary N) is 1. The molecule has 0 aromatic carbocycles. The van der Waals surface area contributed by atoms with Crippen molar-refractivity contribution in [3.63, 3.8) is 0 Å². The molecule has 1 amide bonds. The molecule has 96 valence electrons. The van der Waals surface area contributed by atoms with Gasteiger partial charge in [-0.3, -0.25) is 4.79 Å². The Labute approximate surface area is 105 Å². The van der Waals surface area contributed by atoms with Crippen molar-refractivity contribution >= 4 is 28.2 Å². The number of amides is 1. The number of carbonyl (C=O) groups excluding carboxylic acids is 1. The van der Waals surface area contributed by atoms with E-state index >= 15 is 0 Å². The quantitative estimate of drug-likeness (QED) is 0.706. The molecule has 1 heterocycles. The fourth-order valence-corrected chi connectivity index (χ4v) is 2.16. The minimum atomic E-state index is -0.214. The molecular formula is C10H18N4O2S. The summed E-state index contributed by atoms with van der Waals surface area (Å²) in [6.45, 7) is 5.03. The summed E-state index contributed by atoms with van der Waals surface area (Å²) in [5, 5.41) is 6.48. The van der Waals surface area contributed by atoms with Crippen LogP contribution in [0.1, 0.15) is 23.5 Å². The molecule has 0 aliphatic rings. The van der Waals surface area contributed by atoms with Crippen LogP contribution in [0.15, 0.2) is 0 Å². The SMILES string of the molecule is CCNc1nc(N)c(C(=O)NC(C)COC)s1. The van der Waals surface area contributed by atoms with Crippen LogP contribution in [0.3, 0.4) is 0 Å². The molecule has 4 N–H and O–H groups in total. The Morgan fingerprint density at radius 1 is 1.65 bits per heavy atom. The Hall–Kier alpha value is -1.34. The molecular weight excluding hydrogens is 240 g/mol. The molecule has 1 atom stereocenters. The van der Waals surface area contributed by atoms with Crippen LogP contribution in [0, 0.1) is 0 Å². The van der Waals surface area contributed by atoms with Gasteiger partial charge < -0.3 is 21.1 Å². The van der Waals surface area contributed by atoms with Gasteiger partial charge in [-0.05, 0) is 13.8 Å². The molecule has 7 heteroatoms. The highest BCUT2D eigenvalue weighted by Gasteiger charge is 2.17. The topological polar surface area (TPSA) is 89.3 Å². The lowest BCUT2D eigenvalue weighted by Gasteiger charge is -2.11. The third-order valence-corrected chi connectivity index (χ3v) is 3.01. The van der Waals surface area contributed by atoms with E-state index in [-0.39, 0.29) is 17.8 Å². The van der Waals surface area contributed by atoms with Crippen molar-refractivity contribution in [2.24, 2.45) is 0 Å². The molecule has 1 rings (SSSR count). The van der Waals surface area contributed by atoms with Crippen molar-refractivity contribution in [1.29, 1.82) is 0 Å². The number of aromatic nitrogens is 1. The van der Waals surface area contributed by atoms with E-state index in [2.05, 4.69) is 15.6 Å². The van der Waals surface area contributed by atoms with Crippen molar-refractivity contribution in [1.82, 2.24) is 10.3 Å². The molecule has 6 nitrogen and oxygen atoms in total. The number of nitrogen functional groups attached to an aromatic ring is 1. The molecule has 0 saturated heterocycles. The van der Waals surface area contributed by atoms with Gasteiger partial charge in [0.1, 0.15) is 10.7 Å². The van der Waals surface area contributed by atoms with Gasteiger partial charge in [0.15, 0.2) is 5.13 Å². The Morgan fingerprint density at radius 3 is 2.94 bits per heavy atom. The number of anilines is 2. The molecule has 0 spiro atoms. The molecule has 0 fully saturated rings. The molecule has 0 radical (unpaired) electrons. The van der Waals surface area contributed by atoms with E-state index in [1.807, 2.05) is 13.8 Å². The molecule has 1 unspecified atom stereocenters. The summed E-state index contributed by atoms with van der Waals surface area (Å²) in [4.78, 5) is 16.4. The lowest BCUT2D eigenvalue weighted by atomic mass is 10.3. The van der Waals surface area contributed by atoms with E-state index in [1.54, 1.807) is 7.11 Å². The Kier molecular flexibility index (Phi) is 5.17. The van der Waals surface area contributed by atoms with Gasteiger partial charge in [0, 0.05) is 19.7 Å². The van der Waals surface area contributed by atoms with Gasteiger partial charge in [-0.25, -0.2) is 4.98 Å². The highest BCUT2D eigenvalue weighted by atomic mass is 32.1. The number of hydrogen-bond donors (Lipinski definition) is 3. The average Bonchev–Trinajstić information content (AvgIpc) is 2.60. The second-order valence-electron chi connectivity index (χ2n) is 3.59. The number of ether oxygens (including phenoxy) is 1. The van der Waals surface area contributed by atoms with E-state index in [1.165, 1.54) is 11.3 Å². The highest BCUT2D eigenvalue weighted by Crippen LogP contribution is 2.24. The Morgan fingerprint density at radius 2 is 2.35 bits per heavy atom. The monoisotopic (exact) mass is 258 g/mol. The van der Waals surface area contributed by atoms with Gasteiger partial charge in [-0.1, -0.05) is 11.3 Å². The van der Waals surface area contributed by atoms with E-state index < -0.39 is 0 Å². The molecule has 1 aromatic rings. The lowest BCUT2D eigenvalue weighted by molar-refractivity contribution is 0.0910. The van der Waals surface area contributed by atoms with Crippen LogP contribution in [0.5, 0.6) is 0 Å². The van der Waals surface area contributed by atoms with Crippen LogP contribution in [0.25, 0.3) is 0 Å². The van der Waals surface area contributed by atoms with Crippen molar-refractivity contribution in [3.05, 3.63) is 4.88 Å². The van der Waals surface area contributed by atoms with Gasteiger partial charge in [-0.2, -0.15) is 0 Å². The standard InChI is InChI=1S/C10H18N4O2S/c1-4-12-10-14-8(11)7(17-10)9(15)13-6(2)5-16-3/h6H,4-5,11H2,1-3H3,(H,12,14)(H,13,15). The van der Waals surface area contributed by atoms with Crippen molar-refractivity contribution in [2.75, 3.05) is 31.3 Å². The molecule has 0 aliphatic carbocycles. The number of nitrogens with one attached hydrogen (secondary N) is 2. The van der Waals surface area contributed by atoms with Crippen molar-refractivity contribution in [3.8, 4) is 0 Å². The predicted octanol–water partition coefficient (Wildman–Crippen LogP) is 0.922. The van der Waals surface area contributed by atoms with Gasteiger partial charge in [0.2, 0.25) is 0 Å². The van der Waals surface area contributed by atoms with Crippen LogP contribution >= 0.6 is 11.3 Å². The fraction of sp³-hybridized carbons (Fsp3) is 0.600. The van der Waals surface area contributed by atoms with Gasteiger partial charge in [0.05, 0.1) is 6.61 Å². The normalized spacial score (nSPS) is 12.2. The number of nitrogens with zero attached hydrogens (tertiary/aromatic N) is 1. The third-order valence-electron chi connectivity index (χ3n) is 1.98. The first-order valence-electron chi connectivity index (χ1n) is 5.38. The fourth-order valence-electron chi connectivity index (χ4n) is 1.30. The first kappa shape index (κ1) is 13.7. The van der Waals surface area contributed by atoms with Crippen LogP contribution in [-0.2, 0) is 4.74 Å². The summed E-state index contributed by atoms with van der Waals surface area (Å²) in [5.41, 5.74) is 5.69. The third kappa shape index (κ3) is 3.86. The van der Waals surface area contributed by atoms with Gasteiger partial charge in [0.25, 0.3) is 5.91 Å². The van der Waals surface area contributed by atoms with Crippen molar-refractivity contribution < 1.29 is 9.53 Å². The largest absolute Gasteiger partial charge is 0.383 e. The zero-order valence-corrected chi connectivity index (χ0v) is 11.1. The number of thiazole rings is 1. The number of methoxy groups -OCH3 is 1. The second kappa shape index (κ2) is 6.41. The molecule has 1 aromatic heterocycles. The highest BCUT2D eigenvalue weighted by molar-refractivity contribution is 7.18. The minimum absolute atomic E-state index is 0.0587. The van der Waals surface area contributed by atoms with Crippen LogP contribution in [0.4, 0.5) is 10.9 Å². The van der Waals surface area contributed by atoms with Gasteiger partial charge in [-0.15, -0.1) is 0 Å². The molecule has 0 saturated carbocycles. The lowest BCUT2D eigenvalue weighted by Crippen LogP contribution is -2.35.